The van der Waals surface area contributed by atoms with Gasteiger partial charge in [-0.2, -0.15) is 0 Å². The molecule has 0 aromatic rings. The molecule has 0 aromatic heterocycles. The van der Waals surface area contributed by atoms with Crippen molar-refractivity contribution in [2.24, 2.45) is 0 Å². The average Bonchev–Trinajstić information content (AvgIpc) is 2.71. The lowest BCUT2D eigenvalue weighted by Gasteiger charge is -2.32. The lowest BCUT2D eigenvalue weighted by molar-refractivity contribution is -0.126. The predicted molar refractivity (Wildman–Crippen MR) is 105 cm³/mol. The number of hydrogen-bond donors (Lipinski definition) is 3. The standard InChI is InChI=1S/C19H36N4O5/c1-15(22-3-7-27-8-4-22)13-20-18(25)11-17(24)12-19(26)21-14-16(2)23-5-9-28-10-6-23/h15-17,24H,3-14H2,1-2H3,(H,20,25)(H,21,26). The minimum absolute atomic E-state index is 0.0672. The van der Waals surface area contributed by atoms with Crippen LogP contribution >= 0.6 is 0 Å². The minimum atomic E-state index is -0.975. The fourth-order valence-electron chi connectivity index (χ4n) is 3.46. The van der Waals surface area contributed by atoms with Crippen molar-refractivity contribution in [2.75, 3.05) is 65.7 Å². The monoisotopic (exact) mass is 400 g/mol. The van der Waals surface area contributed by atoms with E-state index in [-0.39, 0.29) is 36.7 Å². The Kier molecular flexibility index (Phi) is 10.1. The molecular weight excluding hydrogens is 364 g/mol. The van der Waals surface area contributed by atoms with Gasteiger partial charge < -0.3 is 25.2 Å². The third-order valence-electron chi connectivity index (χ3n) is 5.37. The Balaban J connectivity index is 1.57. The Bertz CT molecular complexity index is 439. The van der Waals surface area contributed by atoms with Crippen LogP contribution in [0.2, 0.25) is 0 Å². The van der Waals surface area contributed by atoms with Gasteiger partial charge in [0.15, 0.2) is 0 Å². The van der Waals surface area contributed by atoms with Gasteiger partial charge in [0.25, 0.3) is 0 Å². The molecule has 0 spiro atoms. The molecule has 3 N–H and O–H groups in total. The molecule has 2 aliphatic rings. The molecule has 28 heavy (non-hydrogen) atoms. The van der Waals surface area contributed by atoms with Crippen LogP contribution < -0.4 is 10.6 Å². The number of morpholine rings is 2. The van der Waals surface area contributed by atoms with Gasteiger partial charge >= 0.3 is 0 Å². The van der Waals surface area contributed by atoms with Crippen LogP contribution in [0, 0.1) is 0 Å². The fraction of sp³-hybridized carbons (Fsp3) is 0.895. The first-order valence-corrected chi connectivity index (χ1v) is 10.3. The summed E-state index contributed by atoms with van der Waals surface area (Å²) in [6.07, 6.45) is -1.11. The molecule has 2 atom stereocenters. The highest BCUT2D eigenvalue weighted by molar-refractivity contribution is 5.79. The zero-order valence-corrected chi connectivity index (χ0v) is 17.2. The van der Waals surface area contributed by atoms with Crippen LogP contribution in [0.1, 0.15) is 26.7 Å². The van der Waals surface area contributed by atoms with Crippen molar-refractivity contribution in [3.05, 3.63) is 0 Å². The zero-order chi connectivity index (χ0) is 20.4. The first-order valence-electron chi connectivity index (χ1n) is 10.3. The van der Waals surface area contributed by atoms with Crippen molar-refractivity contribution >= 4 is 11.8 Å². The second-order valence-electron chi connectivity index (χ2n) is 7.66. The number of rotatable bonds is 10. The highest BCUT2D eigenvalue weighted by Gasteiger charge is 2.21. The number of amides is 2. The number of carbonyl (C=O) groups excluding carboxylic acids is 2. The van der Waals surface area contributed by atoms with E-state index in [2.05, 4.69) is 34.3 Å². The van der Waals surface area contributed by atoms with Crippen molar-refractivity contribution < 1.29 is 24.2 Å². The molecule has 2 amide bonds. The summed E-state index contributed by atoms with van der Waals surface area (Å²) in [6, 6.07) is 0.435. The number of hydrogen-bond acceptors (Lipinski definition) is 7. The summed E-state index contributed by atoms with van der Waals surface area (Å²) in [5.41, 5.74) is 0. The molecule has 2 unspecified atom stereocenters. The van der Waals surface area contributed by atoms with E-state index in [4.69, 9.17) is 9.47 Å². The summed E-state index contributed by atoms with van der Waals surface area (Å²) in [6.45, 7) is 11.5. The van der Waals surface area contributed by atoms with Gasteiger partial charge in [0.1, 0.15) is 0 Å². The van der Waals surface area contributed by atoms with Gasteiger partial charge in [0.2, 0.25) is 11.8 Å². The summed E-state index contributed by atoms with van der Waals surface area (Å²) in [4.78, 5) is 28.6. The molecule has 0 radical (unpaired) electrons. The molecule has 0 aliphatic carbocycles. The van der Waals surface area contributed by atoms with E-state index in [1.807, 2.05) is 0 Å². The number of aliphatic hydroxyl groups excluding tert-OH is 1. The molecule has 2 saturated heterocycles. The molecule has 0 aromatic carbocycles. The minimum Gasteiger partial charge on any atom is -0.392 e. The lowest BCUT2D eigenvalue weighted by Crippen LogP contribution is -2.48. The fourth-order valence-corrected chi connectivity index (χ4v) is 3.46. The molecule has 0 bridgehead atoms. The largest absolute Gasteiger partial charge is 0.392 e. The van der Waals surface area contributed by atoms with Crippen LogP contribution in [0.5, 0.6) is 0 Å². The normalized spacial score (nSPS) is 22.2. The van der Waals surface area contributed by atoms with Crippen LogP contribution in [0.15, 0.2) is 0 Å². The molecule has 2 aliphatic heterocycles. The van der Waals surface area contributed by atoms with E-state index in [0.717, 1.165) is 52.6 Å². The number of nitrogens with zero attached hydrogens (tertiary/aromatic N) is 2. The van der Waals surface area contributed by atoms with Crippen molar-refractivity contribution in [3.8, 4) is 0 Å². The number of aliphatic hydroxyl groups is 1. The van der Waals surface area contributed by atoms with Crippen molar-refractivity contribution in [3.63, 3.8) is 0 Å². The lowest BCUT2D eigenvalue weighted by atomic mass is 10.1. The van der Waals surface area contributed by atoms with E-state index >= 15 is 0 Å². The van der Waals surface area contributed by atoms with Gasteiger partial charge in [-0.25, -0.2) is 0 Å². The molecule has 0 saturated carbocycles. The SMILES string of the molecule is CC(CNC(=O)CC(O)CC(=O)NCC(C)N1CCOCC1)N1CCOCC1. The van der Waals surface area contributed by atoms with Gasteiger partial charge in [-0.1, -0.05) is 0 Å². The Labute approximate surface area is 167 Å². The molecule has 162 valence electrons. The molecule has 2 rings (SSSR count). The quantitative estimate of drug-likeness (QED) is 0.423. The highest BCUT2D eigenvalue weighted by Crippen LogP contribution is 2.05. The van der Waals surface area contributed by atoms with Crippen LogP contribution in [0.4, 0.5) is 0 Å². The van der Waals surface area contributed by atoms with Crippen molar-refractivity contribution in [1.29, 1.82) is 0 Å². The summed E-state index contributed by atoms with van der Waals surface area (Å²) < 4.78 is 10.7. The number of nitrogens with one attached hydrogen (secondary N) is 2. The van der Waals surface area contributed by atoms with E-state index < -0.39 is 6.10 Å². The Morgan fingerprint density at radius 3 is 1.54 bits per heavy atom. The predicted octanol–water partition coefficient (Wildman–Crippen LogP) is -1.20. The molecular formula is C19H36N4O5. The maximum atomic E-state index is 12.0. The summed E-state index contributed by atoms with van der Waals surface area (Å²) in [5.74, 6) is -0.468. The van der Waals surface area contributed by atoms with Gasteiger partial charge in [0, 0.05) is 51.4 Å². The third kappa shape index (κ3) is 8.40. The topological polar surface area (TPSA) is 103 Å². The second kappa shape index (κ2) is 12.3. The molecule has 2 heterocycles. The number of ether oxygens (including phenoxy) is 2. The van der Waals surface area contributed by atoms with Crippen LogP contribution in [0.25, 0.3) is 0 Å². The van der Waals surface area contributed by atoms with E-state index in [0.29, 0.717) is 13.1 Å². The van der Waals surface area contributed by atoms with E-state index in [9.17, 15) is 14.7 Å². The second-order valence-corrected chi connectivity index (χ2v) is 7.66. The van der Waals surface area contributed by atoms with Gasteiger partial charge in [-0.15, -0.1) is 0 Å². The highest BCUT2D eigenvalue weighted by atomic mass is 16.5. The molecule has 9 heteroatoms. The summed E-state index contributed by atoms with van der Waals surface area (Å²) in [7, 11) is 0. The Morgan fingerprint density at radius 1 is 0.821 bits per heavy atom. The molecule has 2 fully saturated rings. The van der Waals surface area contributed by atoms with Crippen LogP contribution in [-0.2, 0) is 19.1 Å². The first kappa shape index (κ1) is 23.0. The van der Waals surface area contributed by atoms with Gasteiger partial charge in [0.05, 0.1) is 45.4 Å². The third-order valence-corrected chi connectivity index (χ3v) is 5.37. The van der Waals surface area contributed by atoms with Gasteiger partial charge in [-0.05, 0) is 13.8 Å². The van der Waals surface area contributed by atoms with Crippen molar-refractivity contribution in [1.82, 2.24) is 20.4 Å². The number of carbonyl (C=O) groups is 2. The zero-order valence-electron chi connectivity index (χ0n) is 17.2. The maximum Gasteiger partial charge on any atom is 0.222 e. The van der Waals surface area contributed by atoms with Crippen molar-refractivity contribution in [2.45, 2.75) is 44.9 Å². The van der Waals surface area contributed by atoms with Crippen LogP contribution in [-0.4, -0.2) is 111 Å². The average molecular weight is 401 g/mol. The molecule has 9 nitrogen and oxygen atoms in total. The van der Waals surface area contributed by atoms with E-state index in [1.54, 1.807) is 0 Å². The first-order chi connectivity index (χ1) is 13.5. The maximum absolute atomic E-state index is 12.0. The summed E-state index contributed by atoms with van der Waals surface area (Å²) in [5, 5.41) is 15.7. The van der Waals surface area contributed by atoms with Gasteiger partial charge in [-0.3, -0.25) is 19.4 Å². The Hall–Kier alpha value is -1.26. The Morgan fingerprint density at radius 2 is 1.18 bits per heavy atom. The smallest absolute Gasteiger partial charge is 0.222 e. The van der Waals surface area contributed by atoms with E-state index in [1.165, 1.54) is 0 Å². The van der Waals surface area contributed by atoms with Crippen LogP contribution in [0.3, 0.4) is 0 Å². The summed E-state index contributed by atoms with van der Waals surface area (Å²) >= 11 is 0.